The second kappa shape index (κ2) is 18.7. The monoisotopic (exact) mass is 836 g/mol. The van der Waals surface area contributed by atoms with Crippen LogP contribution in [0.25, 0.3) is 62.4 Å². The Kier molecular flexibility index (Phi) is 12.8. The van der Waals surface area contributed by atoms with Gasteiger partial charge in [-0.05, 0) is 88.4 Å². The number of aromatic nitrogens is 4. The van der Waals surface area contributed by atoms with E-state index in [1.807, 2.05) is 22.8 Å². The zero-order valence-electron chi connectivity index (χ0n) is 33.9. The molecule has 0 aliphatic heterocycles. The lowest BCUT2D eigenvalue weighted by atomic mass is 10.0. The Balaban J connectivity index is 1.51. The van der Waals surface area contributed by atoms with Gasteiger partial charge in [0.05, 0.1) is 76.5 Å². The molecule has 0 aliphatic rings. The van der Waals surface area contributed by atoms with Crippen LogP contribution in [0, 0.1) is 0 Å². The largest absolute Gasteiger partial charge is 0.462 e. The smallest absolute Gasteiger partial charge is 0.338 e. The summed E-state index contributed by atoms with van der Waals surface area (Å²) >= 11 is 6.93. The lowest BCUT2D eigenvalue weighted by Crippen LogP contribution is -2.05. The van der Waals surface area contributed by atoms with Gasteiger partial charge >= 0.3 is 23.9 Å². The molecule has 0 saturated heterocycles. The predicted octanol–water partition coefficient (Wildman–Crippen LogP) is 10.3. The number of hydrogen-bond donors (Lipinski definition) is 1. The van der Waals surface area contributed by atoms with Crippen molar-refractivity contribution in [1.82, 2.24) is 19.5 Å². The van der Waals surface area contributed by atoms with Crippen LogP contribution in [0.3, 0.4) is 0 Å². The first-order chi connectivity index (χ1) is 29.6. The highest BCUT2D eigenvalue weighted by Gasteiger charge is 2.28. The van der Waals surface area contributed by atoms with Gasteiger partial charge in [-0.15, -0.1) is 0 Å². The quantitative estimate of drug-likeness (QED) is 0.0828. The highest BCUT2D eigenvalue weighted by molar-refractivity contribution is 6.33. The number of imidazole rings is 2. The molecule has 0 bridgehead atoms. The number of aromatic amines is 1. The highest BCUT2D eigenvalue weighted by Crippen LogP contribution is 2.42. The summed E-state index contributed by atoms with van der Waals surface area (Å²) in [5.74, 6) is -1.03. The molecule has 0 spiro atoms. The minimum Gasteiger partial charge on any atom is -0.462 e. The third-order valence-corrected chi connectivity index (χ3v) is 9.92. The van der Waals surface area contributed by atoms with E-state index >= 15 is 0 Å². The molecule has 2 heterocycles. The molecule has 1 N–H and O–H groups in total. The van der Waals surface area contributed by atoms with E-state index in [0.717, 1.165) is 0 Å². The van der Waals surface area contributed by atoms with Crippen molar-refractivity contribution in [1.29, 1.82) is 0 Å². The molecule has 7 aromatic rings. The van der Waals surface area contributed by atoms with Crippen LogP contribution in [-0.4, -0.2) is 69.8 Å². The Morgan fingerprint density at radius 3 is 1.33 bits per heavy atom. The van der Waals surface area contributed by atoms with Crippen molar-refractivity contribution in [2.24, 2.45) is 0 Å². The van der Waals surface area contributed by atoms with Crippen molar-refractivity contribution in [3.05, 3.63) is 149 Å². The van der Waals surface area contributed by atoms with E-state index < -0.39 is 23.9 Å². The lowest BCUT2D eigenvalue weighted by molar-refractivity contribution is 0.0517. The number of halogens is 1. The maximum Gasteiger partial charge on any atom is 0.338 e. The second-order valence-electron chi connectivity index (χ2n) is 13.4. The van der Waals surface area contributed by atoms with Crippen LogP contribution in [0.15, 0.2) is 121 Å². The van der Waals surface area contributed by atoms with Crippen LogP contribution >= 0.6 is 11.6 Å². The standard InChI is InChI=1S/C48H41ClN4O8/c1-5-58-44(54)33-21-13-29(14-22-33)39-40(30-15-23-34(24-16-30)45(55)59-6-2)52-48(51-39)53-42(32-19-27-36(28-20-32)47(57)61-8-4)41(50-43(53)37-11-9-10-12-38(37)49)31-17-25-35(26-18-31)46(56)60-7-3/h9-28H,5-8H2,1-4H3,(H,51,52). The first-order valence-electron chi connectivity index (χ1n) is 19.7. The molecule has 0 amide bonds. The number of nitrogens with zero attached hydrogens (tertiary/aromatic N) is 3. The van der Waals surface area contributed by atoms with Crippen LogP contribution in [0.2, 0.25) is 5.02 Å². The summed E-state index contributed by atoms with van der Waals surface area (Å²) in [6.07, 6.45) is 0. The molecule has 2 aromatic heterocycles. The Morgan fingerprint density at radius 2 is 0.902 bits per heavy atom. The molecule has 0 fully saturated rings. The van der Waals surface area contributed by atoms with E-state index in [2.05, 4.69) is 4.98 Å². The van der Waals surface area contributed by atoms with E-state index in [4.69, 9.17) is 40.5 Å². The van der Waals surface area contributed by atoms with E-state index in [-0.39, 0.29) is 26.4 Å². The Hall–Kier alpha value is -7.31. The first kappa shape index (κ1) is 41.8. The van der Waals surface area contributed by atoms with Crippen LogP contribution in [0.5, 0.6) is 0 Å². The summed E-state index contributed by atoms with van der Waals surface area (Å²) in [4.78, 5) is 64.7. The van der Waals surface area contributed by atoms with Crippen molar-refractivity contribution in [2.45, 2.75) is 27.7 Å². The third kappa shape index (κ3) is 8.85. The van der Waals surface area contributed by atoms with Crippen molar-refractivity contribution in [3.63, 3.8) is 0 Å². The second-order valence-corrected chi connectivity index (χ2v) is 13.8. The summed E-state index contributed by atoms with van der Waals surface area (Å²) in [6, 6.07) is 35.1. The van der Waals surface area contributed by atoms with Gasteiger partial charge in [-0.1, -0.05) is 72.3 Å². The van der Waals surface area contributed by atoms with Crippen molar-refractivity contribution in [3.8, 4) is 62.4 Å². The van der Waals surface area contributed by atoms with E-state index in [0.29, 0.717) is 89.6 Å². The van der Waals surface area contributed by atoms with E-state index in [1.165, 1.54) is 0 Å². The van der Waals surface area contributed by atoms with Crippen molar-refractivity contribution >= 4 is 35.5 Å². The molecule has 308 valence electrons. The van der Waals surface area contributed by atoms with Crippen LogP contribution in [0.4, 0.5) is 0 Å². The van der Waals surface area contributed by atoms with E-state index in [1.54, 1.807) is 131 Å². The molecule has 0 radical (unpaired) electrons. The van der Waals surface area contributed by atoms with Crippen LogP contribution < -0.4 is 0 Å². The fourth-order valence-electron chi connectivity index (χ4n) is 6.72. The van der Waals surface area contributed by atoms with Gasteiger partial charge < -0.3 is 23.9 Å². The molecule has 12 nitrogen and oxygen atoms in total. The summed E-state index contributed by atoms with van der Waals surface area (Å²) in [7, 11) is 0. The molecule has 61 heavy (non-hydrogen) atoms. The molecule has 0 unspecified atom stereocenters. The minimum atomic E-state index is -0.461. The number of rotatable bonds is 14. The molecule has 5 aromatic carbocycles. The molecule has 0 aliphatic carbocycles. The fourth-order valence-corrected chi connectivity index (χ4v) is 6.95. The Morgan fingerprint density at radius 1 is 0.508 bits per heavy atom. The zero-order valence-corrected chi connectivity index (χ0v) is 34.6. The Bertz CT molecular complexity index is 2620. The number of esters is 4. The lowest BCUT2D eigenvalue weighted by Gasteiger charge is -2.12. The van der Waals surface area contributed by atoms with Gasteiger partial charge in [0.2, 0.25) is 5.95 Å². The predicted molar refractivity (Wildman–Crippen MR) is 232 cm³/mol. The highest BCUT2D eigenvalue weighted by atomic mass is 35.5. The summed E-state index contributed by atoms with van der Waals surface area (Å²) in [5, 5.41) is 0.429. The minimum absolute atomic E-state index is 0.223. The molecule has 0 saturated carbocycles. The van der Waals surface area contributed by atoms with Crippen molar-refractivity contribution < 1.29 is 38.1 Å². The number of hydrogen-bond acceptors (Lipinski definition) is 10. The van der Waals surface area contributed by atoms with Gasteiger partial charge in [-0.3, -0.25) is 4.57 Å². The number of ether oxygens (including phenoxy) is 4. The summed E-state index contributed by atoms with van der Waals surface area (Å²) in [6.45, 7) is 7.92. The average Bonchev–Trinajstić information content (AvgIpc) is 3.90. The van der Waals surface area contributed by atoms with Gasteiger partial charge in [-0.25, -0.2) is 29.1 Å². The number of carbonyl (C=O) groups excluding carboxylic acids is 4. The maximum absolute atomic E-state index is 12.8. The van der Waals surface area contributed by atoms with Gasteiger partial charge in [0, 0.05) is 27.8 Å². The van der Waals surface area contributed by atoms with Crippen molar-refractivity contribution in [2.75, 3.05) is 26.4 Å². The Labute approximate surface area is 357 Å². The molecule has 7 rings (SSSR count). The summed E-state index contributed by atoms with van der Waals surface area (Å²) < 4.78 is 22.8. The number of nitrogens with one attached hydrogen (secondary N) is 1. The molecule has 0 atom stereocenters. The van der Waals surface area contributed by atoms with Crippen LogP contribution in [0.1, 0.15) is 69.1 Å². The number of carbonyl (C=O) groups is 4. The van der Waals surface area contributed by atoms with Gasteiger partial charge in [-0.2, -0.15) is 0 Å². The number of benzene rings is 5. The topological polar surface area (TPSA) is 152 Å². The SMILES string of the molecule is CCOC(=O)c1ccc(-c2nc(-n3c(-c4ccccc4Cl)nc(-c4ccc(C(=O)OCC)cc4)c3-c3ccc(C(=O)OCC)cc3)[nH]c2-c2ccc(C(=O)OCC)cc2)cc1. The van der Waals surface area contributed by atoms with E-state index in [9.17, 15) is 19.2 Å². The normalized spacial score (nSPS) is 10.9. The molecular formula is C48H41ClN4O8. The van der Waals surface area contributed by atoms with Crippen LogP contribution in [-0.2, 0) is 18.9 Å². The first-order valence-corrected chi connectivity index (χ1v) is 20.1. The summed E-state index contributed by atoms with van der Waals surface area (Å²) in [5.41, 5.74) is 7.03. The third-order valence-electron chi connectivity index (χ3n) is 9.59. The average molecular weight is 837 g/mol. The number of H-pyrrole nitrogens is 1. The molecular weight excluding hydrogens is 796 g/mol. The molecule has 13 heteroatoms. The van der Waals surface area contributed by atoms with Gasteiger partial charge in [0.25, 0.3) is 0 Å². The van der Waals surface area contributed by atoms with Gasteiger partial charge in [0.15, 0.2) is 0 Å². The van der Waals surface area contributed by atoms with Gasteiger partial charge in [0.1, 0.15) is 5.82 Å². The fraction of sp³-hybridized carbons (Fsp3) is 0.167. The maximum atomic E-state index is 12.8. The zero-order chi connectivity index (χ0) is 43.0.